The first kappa shape index (κ1) is 7.85. The standard InChI is InChI=1S/C7H11Cl/c1-4-5-6-7(2,3)8/h1H,5-6H2,2-3H3. The summed E-state index contributed by atoms with van der Waals surface area (Å²) in [5.41, 5.74) is 0. The fraction of sp³-hybridized carbons (Fsp3) is 0.714. The summed E-state index contributed by atoms with van der Waals surface area (Å²) >= 11 is 5.82. The van der Waals surface area contributed by atoms with Gasteiger partial charge in [-0.1, -0.05) is 0 Å². The molecule has 0 N–H and O–H groups in total. The van der Waals surface area contributed by atoms with E-state index in [9.17, 15) is 0 Å². The molecule has 0 atom stereocenters. The minimum atomic E-state index is -0.119. The second-order valence-electron chi connectivity index (χ2n) is 2.42. The molecule has 0 aliphatic carbocycles. The highest BCUT2D eigenvalue weighted by Crippen LogP contribution is 2.18. The van der Waals surface area contributed by atoms with Crippen LogP contribution in [0.15, 0.2) is 0 Å². The molecule has 0 saturated heterocycles. The third kappa shape index (κ3) is 5.85. The normalized spacial score (nSPS) is 10.8. The van der Waals surface area contributed by atoms with Gasteiger partial charge in [0.05, 0.1) is 0 Å². The summed E-state index contributed by atoms with van der Waals surface area (Å²) in [5, 5.41) is 0. The van der Waals surface area contributed by atoms with E-state index in [2.05, 4.69) is 5.92 Å². The Bertz CT molecular complexity index is 91.9. The van der Waals surface area contributed by atoms with Gasteiger partial charge in [-0.25, -0.2) is 0 Å². The van der Waals surface area contributed by atoms with Crippen molar-refractivity contribution in [2.24, 2.45) is 0 Å². The molecule has 0 unspecified atom stereocenters. The molecule has 0 aromatic rings. The minimum absolute atomic E-state index is 0.119. The Kier molecular flexibility index (Phi) is 2.94. The molecule has 46 valence electrons. The van der Waals surface area contributed by atoms with Crippen LogP contribution in [0.2, 0.25) is 0 Å². The van der Waals surface area contributed by atoms with Crippen molar-refractivity contribution in [3.63, 3.8) is 0 Å². The SMILES string of the molecule is C#CCCC(C)(C)Cl. The van der Waals surface area contributed by atoms with E-state index in [-0.39, 0.29) is 4.87 Å². The van der Waals surface area contributed by atoms with Crippen LogP contribution in [0.25, 0.3) is 0 Å². The van der Waals surface area contributed by atoms with Gasteiger partial charge in [0.2, 0.25) is 0 Å². The van der Waals surface area contributed by atoms with Gasteiger partial charge in [-0.15, -0.1) is 23.9 Å². The van der Waals surface area contributed by atoms with Crippen LogP contribution in [-0.2, 0) is 0 Å². The van der Waals surface area contributed by atoms with Gasteiger partial charge in [0.25, 0.3) is 0 Å². The maximum absolute atomic E-state index is 5.82. The first-order chi connectivity index (χ1) is 3.56. The van der Waals surface area contributed by atoms with E-state index in [0.29, 0.717) is 0 Å². The summed E-state index contributed by atoms with van der Waals surface area (Å²) < 4.78 is 0. The molecule has 0 bridgehead atoms. The average Bonchev–Trinajstić information content (AvgIpc) is 1.59. The molecule has 8 heavy (non-hydrogen) atoms. The molecule has 0 rings (SSSR count). The molecular weight excluding hydrogens is 120 g/mol. The summed E-state index contributed by atoms with van der Waals surface area (Å²) in [4.78, 5) is -0.119. The van der Waals surface area contributed by atoms with Crippen molar-refractivity contribution in [1.82, 2.24) is 0 Å². The largest absolute Gasteiger partial charge is 0.120 e. The smallest absolute Gasteiger partial charge is 0.0399 e. The monoisotopic (exact) mass is 130 g/mol. The van der Waals surface area contributed by atoms with Crippen LogP contribution in [0.3, 0.4) is 0 Å². The second-order valence-corrected chi connectivity index (χ2v) is 3.45. The lowest BCUT2D eigenvalue weighted by Gasteiger charge is -2.11. The van der Waals surface area contributed by atoms with Crippen LogP contribution in [0, 0.1) is 12.3 Å². The van der Waals surface area contributed by atoms with Gasteiger partial charge >= 0.3 is 0 Å². The van der Waals surface area contributed by atoms with Crippen molar-refractivity contribution in [3.8, 4) is 12.3 Å². The highest BCUT2D eigenvalue weighted by Gasteiger charge is 2.10. The van der Waals surface area contributed by atoms with E-state index < -0.39 is 0 Å². The number of rotatable bonds is 2. The van der Waals surface area contributed by atoms with E-state index in [1.165, 1.54) is 0 Å². The van der Waals surface area contributed by atoms with Gasteiger partial charge in [0, 0.05) is 11.3 Å². The zero-order chi connectivity index (χ0) is 6.62. The van der Waals surface area contributed by atoms with Crippen LogP contribution in [0.5, 0.6) is 0 Å². The molecule has 0 radical (unpaired) electrons. The van der Waals surface area contributed by atoms with Crippen LogP contribution < -0.4 is 0 Å². The molecule has 0 aliphatic rings. The van der Waals surface area contributed by atoms with Crippen molar-refractivity contribution in [3.05, 3.63) is 0 Å². The van der Waals surface area contributed by atoms with Crippen molar-refractivity contribution in [1.29, 1.82) is 0 Å². The predicted octanol–water partition coefficient (Wildman–Crippen LogP) is 2.42. The molecule has 0 aliphatic heterocycles. The van der Waals surface area contributed by atoms with Crippen LogP contribution in [-0.4, -0.2) is 4.87 Å². The third-order valence-corrected chi connectivity index (χ3v) is 1.05. The highest BCUT2D eigenvalue weighted by molar-refractivity contribution is 6.23. The molecule has 0 amide bonds. The molecule has 0 fully saturated rings. The van der Waals surface area contributed by atoms with Gasteiger partial charge in [-0.2, -0.15) is 0 Å². The van der Waals surface area contributed by atoms with Crippen LogP contribution in [0.4, 0.5) is 0 Å². The predicted molar refractivity (Wildman–Crippen MR) is 38.0 cm³/mol. The first-order valence-corrected chi connectivity index (χ1v) is 3.06. The molecule has 0 aromatic heterocycles. The van der Waals surface area contributed by atoms with E-state index >= 15 is 0 Å². The molecule has 0 heterocycles. The van der Waals surface area contributed by atoms with E-state index in [1.54, 1.807) is 0 Å². The summed E-state index contributed by atoms with van der Waals surface area (Å²) in [5.74, 6) is 2.54. The molecule has 0 aromatic carbocycles. The maximum atomic E-state index is 5.82. The van der Waals surface area contributed by atoms with Gasteiger partial charge in [-0.05, 0) is 20.3 Å². The Morgan fingerprint density at radius 1 is 1.62 bits per heavy atom. The van der Waals surface area contributed by atoms with Crippen LogP contribution in [0.1, 0.15) is 26.7 Å². The van der Waals surface area contributed by atoms with E-state index in [1.807, 2.05) is 13.8 Å². The third-order valence-electron chi connectivity index (χ3n) is 0.864. The van der Waals surface area contributed by atoms with E-state index in [4.69, 9.17) is 18.0 Å². The molecular formula is C7H11Cl. The Morgan fingerprint density at radius 3 is 2.25 bits per heavy atom. The lowest BCUT2D eigenvalue weighted by atomic mass is 10.1. The van der Waals surface area contributed by atoms with Crippen molar-refractivity contribution >= 4 is 11.6 Å². The Morgan fingerprint density at radius 2 is 2.12 bits per heavy atom. The summed E-state index contributed by atoms with van der Waals surface area (Å²) in [6.45, 7) is 3.93. The van der Waals surface area contributed by atoms with Crippen molar-refractivity contribution in [2.75, 3.05) is 0 Å². The van der Waals surface area contributed by atoms with Crippen LogP contribution >= 0.6 is 11.6 Å². The number of terminal acetylenes is 1. The quantitative estimate of drug-likeness (QED) is 0.398. The molecule has 0 spiro atoms. The second kappa shape index (κ2) is 2.99. The molecule has 0 saturated carbocycles. The summed E-state index contributed by atoms with van der Waals surface area (Å²) in [6.07, 6.45) is 6.70. The average molecular weight is 131 g/mol. The summed E-state index contributed by atoms with van der Waals surface area (Å²) in [7, 11) is 0. The van der Waals surface area contributed by atoms with Gasteiger partial charge in [0.1, 0.15) is 0 Å². The number of halogens is 1. The van der Waals surface area contributed by atoms with Gasteiger partial charge < -0.3 is 0 Å². The Labute approximate surface area is 56.2 Å². The van der Waals surface area contributed by atoms with Crippen molar-refractivity contribution < 1.29 is 0 Å². The van der Waals surface area contributed by atoms with E-state index in [0.717, 1.165) is 12.8 Å². The molecule has 1 heteroatoms. The topological polar surface area (TPSA) is 0 Å². The lowest BCUT2D eigenvalue weighted by Crippen LogP contribution is -2.08. The number of hydrogen-bond acceptors (Lipinski definition) is 0. The fourth-order valence-electron chi connectivity index (χ4n) is 0.369. The zero-order valence-electron chi connectivity index (χ0n) is 5.37. The van der Waals surface area contributed by atoms with Gasteiger partial charge in [-0.3, -0.25) is 0 Å². The molecule has 0 nitrogen and oxygen atoms in total. The zero-order valence-corrected chi connectivity index (χ0v) is 6.13. The van der Waals surface area contributed by atoms with Gasteiger partial charge in [0.15, 0.2) is 0 Å². The number of hydrogen-bond donors (Lipinski definition) is 0. The number of alkyl halides is 1. The lowest BCUT2D eigenvalue weighted by molar-refractivity contribution is 0.642. The fourth-order valence-corrected chi connectivity index (χ4v) is 0.464. The summed E-state index contributed by atoms with van der Waals surface area (Å²) in [6, 6.07) is 0. The Balaban J connectivity index is 3.28. The minimum Gasteiger partial charge on any atom is -0.120 e. The Hall–Kier alpha value is -0.150. The first-order valence-electron chi connectivity index (χ1n) is 2.68. The highest BCUT2D eigenvalue weighted by atomic mass is 35.5. The van der Waals surface area contributed by atoms with Crippen molar-refractivity contribution in [2.45, 2.75) is 31.6 Å². The maximum Gasteiger partial charge on any atom is 0.0399 e.